The number of nitrogens with zero attached hydrogens (tertiary/aromatic N) is 4. The lowest BCUT2D eigenvalue weighted by atomic mass is 9.91. The predicted octanol–water partition coefficient (Wildman–Crippen LogP) is 3.45. The lowest BCUT2D eigenvalue weighted by molar-refractivity contribution is -0.121. The third-order valence-corrected chi connectivity index (χ3v) is 7.92. The maximum Gasteiger partial charge on any atom is 0.320 e. The van der Waals surface area contributed by atoms with E-state index in [1.807, 2.05) is 39.0 Å². The standard InChI is InChI=1S/C25H37ClN4O3/c26-23-5-1-2-6-24(23)27-14-16-28(17-15-27)25(33)29-12-3-4-20(18-29)11-13-30(19-31)21-7-9-22(32)10-8-21/h1-2,5-6,19-22,32H,3-4,7-18H2. The Kier molecular flexibility index (Phi) is 8.36. The van der Waals surface area contributed by atoms with Gasteiger partial charge in [0.15, 0.2) is 0 Å². The van der Waals surface area contributed by atoms with E-state index in [-0.39, 0.29) is 18.2 Å². The Morgan fingerprint density at radius 1 is 1.03 bits per heavy atom. The number of aliphatic hydroxyl groups excluding tert-OH is 1. The van der Waals surface area contributed by atoms with Gasteiger partial charge in [0, 0.05) is 51.9 Å². The van der Waals surface area contributed by atoms with Crippen LogP contribution in [0.5, 0.6) is 0 Å². The number of amides is 3. The first-order valence-corrected chi connectivity index (χ1v) is 12.9. The number of benzene rings is 1. The van der Waals surface area contributed by atoms with Crippen molar-refractivity contribution in [1.29, 1.82) is 0 Å². The van der Waals surface area contributed by atoms with Gasteiger partial charge in [-0.3, -0.25) is 4.79 Å². The molecule has 3 aliphatic rings. The number of anilines is 1. The third-order valence-electron chi connectivity index (χ3n) is 7.60. The zero-order valence-corrected chi connectivity index (χ0v) is 20.2. The summed E-state index contributed by atoms with van der Waals surface area (Å²) in [5.74, 6) is 0.434. The van der Waals surface area contributed by atoms with Crippen molar-refractivity contribution in [2.45, 2.75) is 57.1 Å². The molecular formula is C25H37ClN4O3. The van der Waals surface area contributed by atoms with E-state index in [9.17, 15) is 14.7 Å². The summed E-state index contributed by atoms with van der Waals surface area (Å²) in [6.45, 7) is 5.33. The smallest absolute Gasteiger partial charge is 0.320 e. The minimum absolute atomic E-state index is 0.145. The number of piperazine rings is 1. The fourth-order valence-corrected chi connectivity index (χ4v) is 5.82. The lowest BCUT2D eigenvalue weighted by Gasteiger charge is -2.41. The molecule has 1 aromatic rings. The number of carbonyl (C=O) groups is 2. The largest absolute Gasteiger partial charge is 0.393 e. The quantitative estimate of drug-likeness (QED) is 0.638. The van der Waals surface area contributed by atoms with E-state index in [1.165, 1.54) is 0 Å². The maximum atomic E-state index is 13.2. The van der Waals surface area contributed by atoms with Crippen LogP contribution in [-0.4, -0.2) is 90.2 Å². The number of rotatable bonds is 6. The van der Waals surface area contributed by atoms with E-state index in [2.05, 4.69) is 4.90 Å². The Balaban J connectivity index is 1.24. The number of aliphatic hydroxyl groups is 1. The zero-order valence-electron chi connectivity index (χ0n) is 19.4. The molecule has 0 bridgehead atoms. The van der Waals surface area contributed by atoms with Crippen molar-refractivity contribution in [1.82, 2.24) is 14.7 Å². The lowest BCUT2D eigenvalue weighted by Crippen LogP contribution is -2.54. The van der Waals surface area contributed by atoms with Crippen LogP contribution in [0.3, 0.4) is 0 Å². The third kappa shape index (κ3) is 6.12. The highest BCUT2D eigenvalue weighted by Gasteiger charge is 2.30. The second kappa shape index (κ2) is 11.4. The molecule has 0 radical (unpaired) electrons. The molecule has 1 N–H and O–H groups in total. The first-order chi connectivity index (χ1) is 16.0. The van der Waals surface area contributed by atoms with Crippen LogP contribution < -0.4 is 4.90 Å². The van der Waals surface area contributed by atoms with Gasteiger partial charge in [-0.1, -0.05) is 23.7 Å². The van der Waals surface area contributed by atoms with Gasteiger partial charge in [0.05, 0.1) is 16.8 Å². The first kappa shape index (κ1) is 24.1. The van der Waals surface area contributed by atoms with Crippen LogP contribution in [-0.2, 0) is 4.79 Å². The Morgan fingerprint density at radius 3 is 2.45 bits per heavy atom. The van der Waals surface area contributed by atoms with Crippen molar-refractivity contribution in [3.8, 4) is 0 Å². The van der Waals surface area contributed by atoms with Gasteiger partial charge in [-0.2, -0.15) is 0 Å². The summed E-state index contributed by atoms with van der Waals surface area (Å²) in [7, 11) is 0. The van der Waals surface area contributed by atoms with Gasteiger partial charge in [-0.05, 0) is 63.0 Å². The van der Waals surface area contributed by atoms with Crippen LogP contribution in [0.4, 0.5) is 10.5 Å². The van der Waals surface area contributed by atoms with Crippen LogP contribution >= 0.6 is 11.6 Å². The molecule has 2 aliphatic heterocycles. The van der Waals surface area contributed by atoms with E-state index in [0.717, 1.165) is 94.8 Å². The second-order valence-electron chi connectivity index (χ2n) is 9.76. The summed E-state index contributed by atoms with van der Waals surface area (Å²) < 4.78 is 0. The summed E-state index contributed by atoms with van der Waals surface area (Å²) in [6.07, 6.45) is 7.17. The Morgan fingerprint density at radius 2 is 1.76 bits per heavy atom. The van der Waals surface area contributed by atoms with Crippen LogP contribution in [0.1, 0.15) is 44.9 Å². The number of piperidine rings is 1. The summed E-state index contributed by atoms with van der Waals surface area (Å²) in [5, 5.41) is 10.5. The molecule has 1 atom stereocenters. The monoisotopic (exact) mass is 476 g/mol. The van der Waals surface area contributed by atoms with Crippen LogP contribution in [0.15, 0.2) is 24.3 Å². The Hall–Kier alpha value is -1.99. The molecule has 1 saturated carbocycles. The van der Waals surface area contributed by atoms with Gasteiger partial charge in [0.2, 0.25) is 6.41 Å². The molecular weight excluding hydrogens is 440 g/mol. The topological polar surface area (TPSA) is 67.3 Å². The van der Waals surface area contributed by atoms with Crippen LogP contribution in [0.2, 0.25) is 5.02 Å². The number of hydrogen-bond acceptors (Lipinski definition) is 4. The molecule has 1 aliphatic carbocycles. The van der Waals surface area contributed by atoms with Gasteiger partial charge < -0.3 is 24.7 Å². The first-order valence-electron chi connectivity index (χ1n) is 12.5. The molecule has 3 amide bonds. The van der Waals surface area contributed by atoms with E-state index in [0.29, 0.717) is 19.0 Å². The van der Waals surface area contributed by atoms with E-state index >= 15 is 0 Å². The number of hydrogen-bond donors (Lipinski definition) is 1. The van der Waals surface area contributed by atoms with Crippen molar-refractivity contribution in [3.05, 3.63) is 29.3 Å². The number of urea groups is 1. The highest BCUT2D eigenvalue weighted by Crippen LogP contribution is 2.28. The molecule has 33 heavy (non-hydrogen) atoms. The predicted molar refractivity (Wildman–Crippen MR) is 131 cm³/mol. The molecule has 0 aromatic heterocycles. The minimum Gasteiger partial charge on any atom is -0.393 e. The van der Waals surface area contributed by atoms with Crippen molar-refractivity contribution in [3.63, 3.8) is 0 Å². The molecule has 7 nitrogen and oxygen atoms in total. The van der Waals surface area contributed by atoms with Crippen molar-refractivity contribution < 1.29 is 14.7 Å². The van der Waals surface area contributed by atoms with Gasteiger partial charge in [0.1, 0.15) is 0 Å². The summed E-state index contributed by atoms with van der Waals surface area (Å²) in [4.78, 5) is 33.0. The van der Waals surface area contributed by atoms with Crippen molar-refractivity contribution in [2.75, 3.05) is 50.7 Å². The Bertz CT molecular complexity index is 794. The van der Waals surface area contributed by atoms with E-state index in [1.54, 1.807) is 0 Å². The summed E-state index contributed by atoms with van der Waals surface area (Å²) in [6, 6.07) is 8.27. The summed E-state index contributed by atoms with van der Waals surface area (Å²) >= 11 is 6.35. The normalized spacial score (nSPS) is 26.2. The molecule has 182 valence electrons. The average Bonchev–Trinajstić information content (AvgIpc) is 2.85. The number of halogens is 1. The average molecular weight is 477 g/mol. The van der Waals surface area contributed by atoms with Crippen LogP contribution in [0.25, 0.3) is 0 Å². The molecule has 3 fully saturated rings. The van der Waals surface area contributed by atoms with Crippen LogP contribution in [0, 0.1) is 5.92 Å². The number of likely N-dealkylation sites (tertiary alicyclic amines) is 1. The van der Waals surface area contributed by atoms with Crippen molar-refractivity contribution >= 4 is 29.7 Å². The van der Waals surface area contributed by atoms with Gasteiger partial charge in [-0.15, -0.1) is 0 Å². The zero-order chi connectivity index (χ0) is 23.2. The maximum absolute atomic E-state index is 13.2. The fourth-order valence-electron chi connectivity index (χ4n) is 5.56. The number of para-hydroxylation sites is 1. The molecule has 1 aromatic carbocycles. The molecule has 1 unspecified atom stereocenters. The highest BCUT2D eigenvalue weighted by molar-refractivity contribution is 6.33. The second-order valence-corrected chi connectivity index (χ2v) is 10.2. The SMILES string of the molecule is O=CN(CCC1CCCN(C(=O)N2CCN(c3ccccc3Cl)CC2)C1)C1CCC(O)CC1. The molecule has 8 heteroatoms. The highest BCUT2D eigenvalue weighted by atomic mass is 35.5. The minimum atomic E-state index is -0.209. The Labute approximate surface area is 202 Å². The van der Waals surface area contributed by atoms with Gasteiger partial charge >= 0.3 is 6.03 Å². The molecule has 0 spiro atoms. The van der Waals surface area contributed by atoms with Gasteiger partial charge in [-0.25, -0.2) is 4.79 Å². The van der Waals surface area contributed by atoms with Crippen molar-refractivity contribution in [2.24, 2.45) is 5.92 Å². The van der Waals surface area contributed by atoms with E-state index in [4.69, 9.17) is 11.6 Å². The molecule has 2 heterocycles. The fraction of sp³-hybridized carbons (Fsp3) is 0.680. The number of carbonyl (C=O) groups excluding carboxylic acids is 2. The molecule has 2 saturated heterocycles. The molecule has 4 rings (SSSR count). The summed E-state index contributed by atoms with van der Waals surface area (Å²) in [5.41, 5.74) is 1.04. The van der Waals surface area contributed by atoms with Gasteiger partial charge in [0.25, 0.3) is 0 Å². The van der Waals surface area contributed by atoms with E-state index < -0.39 is 0 Å².